The fourth-order valence-corrected chi connectivity index (χ4v) is 1.26. The number of hydrogen-bond acceptors (Lipinski definition) is 4. The predicted octanol–water partition coefficient (Wildman–Crippen LogP) is 1.90. The summed E-state index contributed by atoms with van der Waals surface area (Å²) in [5.74, 6) is -1.19. The van der Waals surface area contributed by atoms with Gasteiger partial charge in [0.2, 0.25) is 5.91 Å². The molecule has 0 aliphatic carbocycles. The number of anilines is 1. The van der Waals surface area contributed by atoms with Gasteiger partial charge in [0, 0.05) is 13.8 Å². The molecule has 0 saturated carbocycles. The fourth-order valence-electron chi connectivity index (χ4n) is 1.26. The van der Waals surface area contributed by atoms with Gasteiger partial charge in [-0.25, -0.2) is 0 Å². The van der Waals surface area contributed by atoms with Crippen LogP contribution in [0, 0.1) is 0 Å². The summed E-state index contributed by atoms with van der Waals surface area (Å²) in [5, 5.41) is 16.4. The van der Waals surface area contributed by atoms with Crippen LogP contribution in [-0.4, -0.2) is 36.3 Å². The molecule has 8 heteroatoms. The molecule has 1 rings (SSSR count). The first kappa shape index (κ1) is 14.8. The summed E-state index contributed by atoms with van der Waals surface area (Å²) in [6, 6.07) is 2.30. The molecule has 1 amide bonds. The Bertz CT molecular complexity index is 489. The summed E-state index contributed by atoms with van der Waals surface area (Å²) < 4.78 is 37.1. The molecule has 0 unspecified atom stereocenters. The first-order chi connectivity index (χ1) is 8.74. The number of likely N-dealkylation sites (N-methyl/N-ethyl adjacent to an activating group) is 1. The van der Waals surface area contributed by atoms with Crippen LogP contribution in [0.2, 0.25) is 0 Å². The maximum Gasteiger partial charge on any atom is 0.416 e. The molecule has 0 aromatic heterocycles. The molecular weight excluding hydrogens is 263 g/mol. The van der Waals surface area contributed by atoms with Gasteiger partial charge in [0.25, 0.3) is 0 Å². The average molecular weight is 275 g/mol. The van der Waals surface area contributed by atoms with E-state index in [0.717, 1.165) is 12.1 Å². The number of halogens is 3. The standard InChI is InChI=1S/C11H12F3N3O2/c1-15-17(2)6-10(19)16-8-4-3-7(5-9(8)18)11(12,13)14/h3-5,18H,1,6H2,2H3,(H,16,19). The zero-order valence-corrected chi connectivity index (χ0v) is 10.0. The summed E-state index contributed by atoms with van der Waals surface area (Å²) in [4.78, 5) is 11.4. The van der Waals surface area contributed by atoms with Gasteiger partial charge in [-0.1, -0.05) is 0 Å². The number of hydrazone groups is 1. The lowest BCUT2D eigenvalue weighted by atomic mass is 10.2. The summed E-state index contributed by atoms with van der Waals surface area (Å²) in [6.07, 6.45) is -4.55. The minimum absolute atomic E-state index is 0.101. The minimum atomic E-state index is -4.55. The number of nitrogens with one attached hydrogen (secondary N) is 1. The molecule has 104 valence electrons. The molecule has 0 aliphatic heterocycles. The van der Waals surface area contributed by atoms with Gasteiger partial charge in [0.05, 0.1) is 11.3 Å². The molecular formula is C11H12F3N3O2. The number of hydrogen-bond donors (Lipinski definition) is 2. The van der Waals surface area contributed by atoms with Crippen LogP contribution in [0.5, 0.6) is 5.75 Å². The molecule has 0 saturated heterocycles. The lowest BCUT2D eigenvalue weighted by Gasteiger charge is -2.13. The van der Waals surface area contributed by atoms with Crippen LogP contribution < -0.4 is 5.32 Å². The van der Waals surface area contributed by atoms with Crippen molar-refractivity contribution in [2.75, 3.05) is 18.9 Å². The van der Waals surface area contributed by atoms with E-state index in [0.29, 0.717) is 6.07 Å². The zero-order valence-electron chi connectivity index (χ0n) is 10.0. The largest absolute Gasteiger partial charge is 0.506 e. The molecule has 0 atom stereocenters. The topological polar surface area (TPSA) is 64.9 Å². The van der Waals surface area contributed by atoms with Gasteiger partial charge < -0.3 is 10.4 Å². The summed E-state index contributed by atoms with van der Waals surface area (Å²) >= 11 is 0. The fraction of sp³-hybridized carbons (Fsp3) is 0.273. The van der Waals surface area contributed by atoms with E-state index in [9.17, 15) is 23.1 Å². The average Bonchev–Trinajstić information content (AvgIpc) is 2.30. The molecule has 1 aromatic carbocycles. The van der Waals surface area contributed by atoms with Crippen LogP contribution >= 0.6 is 0 Å². The molecule has 0 spiro atoms. The van der Waals surface area contributed by atoms with Gasteiger partial charge in [-0.15, -0.1) is 0 Å². The highest BCUT2D eigenvalue weighted by Crippen LogP contribution is 2.34. The van der Waals surface area contributed by atoms with Crippen molar-refractivity contribution >= 4 is 18.3 Å². The Morgan fingerprint density at radius 1 is 1.53 bits per heavy atom. The number of amides is 1. The van der Waals surface area contributed by atoms with Crippen LogP contribution in [0.4, 0.5) is 18.9 Å². The van der Waals surface area contributed by atoms with Gasteiger partial charge >= 0.3 is 6.18 Å². The first-order valence-electron chi connectivity index (χ1n) is 5.12. The second kappa shape index (κ2) is 5.59. The molecule has 2 N–H and O–H groups in total. The van der Waals surface area contributed by atoms with E-state index >= 15 is 0 Å². The lowest BCUT2D eigenvalue weighted by molar-refractivity contribution is -0.137. The highest BCUT2D eigenvalue weighted by molar-refractivity contribution is 5.93. The van der Waals surface area contributed by atoms with E-state index in [1.54, 1.807) is 0 Å². The molecule has 0 bridgehead atoms. The molecule has 1 aromatic rings. The minimum Gasteiger partial charge on any atom is -0.506 e. The molecule has 0 radical (unpaired) electrons. The number of alkyl halides is 3. The van der Waals surface area contributed by atoms with Gasteiger partial charge in [0.15, 0.2) is 0 Å². The quantitative estimate of drug-likeness (QED) is 0.501. The summed E-state index contributed by atoms with van der Waals surface area (Å²) in [6.45, 7) is 3.06. The third kappa shape index (κ3) is 4.16. The Kier molecular flexibility index (Phi) is 4.36. The Morgan fingerprint density at radius 2 is 2.16 bits per heavy atom. The predicted molar refractivity (Wildman–Crippen MR) is 63.9 cm³/mol. The third-order valence-electron chi connectivity index (χ3n) is 2.21. The molecule has 19 heavy (non-hydrogen) atoms. The summed E-state index contributed by atoms with van der Waals surface area (Å²) in [5.41, 5.74) is -1.09. The number of phenols is 1. The van der Waals surface area contributed by atoms with E-state index in [4.69, 9.17) is 0 Å². The Balaban J connectivity index is 2.81. The number of phenolic OH excluding ortho intramolecular Hbond substituents is 1. The van der Waals surface area contributed by atoms with Crippen LogP contribution in [0.3, 0.4) is 0 Å². The lowest BCUT2D eigenvalue weighted by Crippen LogP contribution is -2.26. The van der Waals surface area contributed by atoms with Crippen molar-refractivity contribution in [1.82, 2.24) is 5.01 Å². The van der Waals surface area contributed by atoms with Crippen LogP contribution in [0.15, 0.2) is 23.3 Å². The van der Waals surface area contributed by atoms with Crippen molar-refractivity contribution in [3.8, 4) is 5.75 Å². The van der Waals surface area contributed by atoms with E-state index < -0.39 is 23.4 Å². The Hall–Kier alpha value is -2.25. The number of aromatic hydroxyl groups is 1. The molecule has 5 nitrogen and oxygen atoms in total. The first-order valence-corrected chi connectivity index (χ1v) is 5.12. The van der Waals surface area contributed by atoms with E-state index in [1.807, 2.05) is 0 Å². The van der Waals surface area contributed by atoms with Crippen LogP contribution in [0.25, 0.3) is 0 Å². The SMILES string of the molecule is C=NN(C)CC(=O)Nc1ccc(C(F)(F)F)cc1O. The molecule has 0 fully saturated rings. The second-order valence-electron chi connectivity index (χ2n) is 3.74. The van der Waals surface area contributed by atoms with Crippen molar-refractivity contribution in [3.05, 3.63) is 23.8 Å². The van der Waals surface area contributed by atoms with Crippen molar-refractivity contribution in [3.63, 3.8) is 0 Å². The number of carbonyl (C=O) groups is 1. The third-order valence-corrected chi connectivity index (χ3v) is 2.21. The number of nitrogens with zero attached hydrogens (tertiary/aromatic N) is 2. The zero-order chi connectivity index (χ0) is 14.6. The van der Waals surface area contributed by atoms with Gasteiger partial charge in [0.1, 0.15) is 12.3 Å². The highest BCUT2D eigenvalue weighted by atomic mass is 19.4. The number of benzene rings is 1. The van der Waals surface area contributed by atoms with Gasteiger partial charge in [-0.2, -0.15) is 18.3 Å². The number of rotatable bonds is 4. The van der Waals surface area contributed by atoms with Crippen molar-refractivity contribution in [2.45, 2.75) is 6.18 Å². The summed E-state index contributed by atoms with van der Waals surface area (Å²) in [7, 11) is 1.50. The van der Waals surface area contributed by atoms with Crippen molar-refractivity contribution < 1.29 is 23.1 Å². The maximum atomic E-state index is 12.4. The van der Waals surface area contributed by atoms with Crippen molar-refractivity contribution in [1.29, 1.82) is 0 Å². The van der Waals surface area contributed by atoms with E-state index in [-0.39, 0.29) is 12.2 Å². The van der Waals surface area contributed by atoms with Crippen molar-refractivity contribution in [2.24, 2.45) is 5.10 Å². The Labute approximate surface area is 107 Å². The monoisotopic (exact) mass is 275 g/mol. The van der Waals surface area contributed by atoms with E-state index in [2.05, 4.69) is 17.1 Å². The smallest absolute Gasteiger partial charge is 0.416 e. The normalized spacial score (nSPS) is 10.9. The van der Waals surface area contributed by atoms with E-state index in [1.165, 1.54) is 12.1 Å². The number of carbonyl (C=O) groups excluding carboxylic acids is 1. The van der Waals surface area contributed by atoms with Gasteiger partial charge in [-0.3, -0.25) is 9.80 Å². The maximum absolute atomic E-state index is 12.4. The van der Waals surface area contributed by atoms with Crippen LogP contribution in [-0.2, 0) is 11.0 Å². The molecule has 0 heterocycles. The highest BCUT2D eigenvalue weighted by Gasteiger charge is 2.31. The van der Waals surface area contributed by atoms with Crippen LogP contribution in [0.1, 0.15) is 5.56 Å². The second-order valence-corrected chi connectivity index (χ2v) is 3.74. The van der Waals surface area contributed by atoms with Gasteiger partial charge in [-0.05, 0) is 18.2 Å². The molecule has 0 aliphatic rings. The Morgan fingerprint density at radius 3 is 2.63 bits per heavy atom.